The van der Waals surface area contributed by atoms with Crippen LogP contribution in [0.4, 0.5) is 0 Å². The number of nitrogens with zero attached hydrogens (tertiary/aromatic N) is 1. The van der Waals surface area contributed by atoms with E-state index in [0.29, 0.717) is 0 Å². The number of hydrogen-bond donors (Lipinski definition) is 1. The molecule has 1 heterocycles. The van der Waals surface area contributed by atoms with Gasteiger partial charge in [0.25, 0.3) is 0 Å². The van der Waals surface area contributed by atoms with Gasteiger partial charge in [-0.3, -0.25) is 4.79 Å². The fourth-order valence-electron chi connectivity index (χ4n) is 1.10. The summed E-state index contributed by atoms with van der Waals surface area (Å²) in [6.45, 7) is 5.99. The number of amides is 1. The molecule has 0 aliphatic carbocycles. The molecule has 1 aliphatic heterocycles. The van der Waals surface area contributed by atoms with Gasteiger partial charge in [-0.25, -0.2) is 0 Å². The molecule has 0 unspecified atom stereocenters. The van der Waals surface area contributed by atoms with E-state index in [2.05, 4.69) is 0 Å². The van der Waals surface area contributed by atoms with Gasteiger partial charge in [0.05, 0.1) is 6.54 Å². The Balaban J connectivity index is 0.000000461. The average Bonchev–Trinajstić information content (AvgIpc) is 2.59. The molecule has 11 heavy (non-hydrogen) atoms. The molecule has 1 rings (SSSR count). The van der Waals surface area contributed by atoms with Crippen molar-refractivity contribution in [3.63, 3.8) is 0 Å². The predicted molar refractivity (Wildman–Crippen MR) is 46.2 cm³/mol. The minimum absolute atomic E-state index is 0.0903. The molecule has 0 aromatic rings. The van der Waals surface area contributed by atoms with E-state index in [1.165, 1.54) is 0 Å². The van der Waals surface area contributed by atoms with Crippen LogP contribution in [0.2, 0.25) is 0 Å². The molecular formula is C8H18N2O. The van der Waals surface area contributed by atoms with Gasteiger partial charge in [0.15, 0.2) is 0 Å². The maximum atomic E-state index is 10.8. The summed E-state index contributed by atoms with van der Waals surface area (Å²) >= 11 is 0. The molecule has 2 N–H and O–H groups in total. The molecule has 1 aliphatic rings. The largest absolute Gasteiger partial charge is 0.342 e. The van der Waals surface area contributed by atoms with E-state index in [1.807, 2.05) is 18.7 Å². The van der Waals surface area contributed by atoms with Gasteiger partial charge in [-0.1, -0.05) is 13.8 Å². The van der Waals surface area contributed by atoms with Crippen molar-refractivity contribution < 1.29 is 4.79 Å². The van der Waals surface area contributed by atoms with Crippen molar-refractivity contribution in [1.29, 1.82) is 0 Å². The fraction of sp³-hybridized carbons (Fsp3) is 0.875. The minimum Gasteiger partial charge on any atom is -0.342 e. The van der Waals surface area contributed by atoms with Crippen molar-refractivity contribution in [3.05, 3.63) is 0 Å². The standard InChI is InChI=1S/C6H12N2O.C2H6/c7-5-6(9)8-3-1-2-4-8;1-2/h1-5,7H2;1-2H3. The molecule has 0 aromatic carbocycles. The smallest absolute Gasteiger partial charge is 0.236 e. The molecule has 0 spiro atoms. The number of carbonyl (C=O) groups excluding carboxylic acids is 1. The van der Waals surface area contributed by atoms with E-state index in [9.17, 15) is 4.79 Å². The number of likely N-dealkylation sites (tertiary alicyclic amines) is 1. The molecule has 3 nitrogen and oxygen atoms in total. The molecule has 66 valence electrons. The lowest BCUT2D eigenvalue weighted by Crippen LogP contribution is -2.33. The first kappa shape index (κ1) is 10.4. The molecule has 1 amide bonds. The summed E-state index contributed by atoms with van der Waals surface area (Å²) < 4.78 is 0. The summed E-state index contributed by atoms with van der Waals surface area (Å²) in [7, 11) is 0. The Labute approximate surface area is 68.6 Å². The summed E-state index contributed by atoms with van der Waals surface area (Å²) in [6.07, 6.45) is 2.29. The molecule has 3 heteroatoms. The number of nitrogens with two attached hydrogens (primary N) is 1. The third kappa shape index (κ3) is 3.37. The normalized spacial score (nSPS) is 15.7. The fourth-order valence-corrected chi connectivity index (χ4v) is 1.10. The van der Waals surface area contributed by atoms with Crippen molar-refractivity contribution >= 4 is 5.91 Å². The predicted octanol–water partition coefficient (Wildman–Crippen LogP) is 0.594. The van der Waals surface area contributed by atoms with E-state index in [-0.39, 0.29) is 12.5 Å². The van der Waals surface area contributed by atoms with Crippen molar-refractivity contribution in [1.82, 2.24) is 4.90 Å². The third-order valence-electron chi connectivity index (χ3n) is 1.63. The maximum absolute atomic E-state index is 10.8. The van der Waals surface area contributed by atoms with Crippen LogP contribution in [0.3, 0.4) is 0 Å². The quantitative estimate of drug-likeness (QED) is 0.607. The van der Waals surface area contributed by atoms with Crippen molar-refractivity contribution in [2.24, 2.45) is 5.73 Å². The van der Waals surface area contributed by atoms with E-state index in [4.69, 9.17) is 5.73 Å². The maximum Gasteiger partial charge on any atom is 0.236 e. The Hall–Kier alpha value is -0.570. The second-order valence-corrected chi connectivity index (χ2v) is 2.29. The third-order valence-corrected chi connectivity index (χ3v) is 1.63. The molecule has 0 atom stereocenters. The van der Waals surface area contributed by atoms with E-state index >= 15 is 0 Å². The summed E-state index contributed by atoms with van der Waals surface area (Å²) in [5.74, 6) is 0.0903. The highest BCUT2D eigenvalue weighted by molar-refractivity contribution is 5.78. The Morgan fingerprint density at radius 1 is 1.36 bits per heavy atom. The van der Waals surface area contributed by atoms with E-state index < -0.39 is 0 Å². The van der Waals surface area contributed by atoms with Crippen molar-refractivity contribution in [2.45, 2.75) is 26.7 Å². The monoisotopic (exact) mass is 158 g/mol. The molecule has 0 radical (unpaired) electrons. The van der Waals surface area contributed by atoms with Gasteiger partial charge in [0, 0.05) is 13.1 Å². The Bertz CT molecular complexity index is 109. The average molecular weight is 158 g/mol. The van der Waals surface area contributed by atoms with Crippen molar-refractivity contribution in [2.75, 3.05) is 19.6 Å². The Morgan fingerprint density at radius 2 is 1.82 bits per heavy atom. The Kier molecular flexibility index (Phi) is 5.84. The van der Waals surface area contributed by atoms with Crippen LogP contribution in [0.1, 0.15) is 26.7 Å². The second kappa shape index (κ2) is 6.16. The van der Waals surface area contributed by atoms with Gasteiger partial charge >= 0.3 is 0 Å². The highest BCUT2D eigenvalue weighted by atomic mass is 16.2. The lowest BCUT2D eigenvalue weighted by Gasteiger charge is -2.12. The van der Waals surface area contributed by atoms with Crippen LogP contribution in [-0.2, 0) is 4.79 Å². The zero-order valence-electron chi connectivity index (χ0n) is 7.47. The van der Waals surface area contributed by atoms with Gasteiger partial charge in [0.2, 0.25) is 5.91 Å². The first-order valence-corrected chi connectivity index (χ1v) is 4.32. The van der Waals surface area contributed by atoms with Crippen LogP contribution in [0.25, 0.3) is 0 Å². The highest BCUT2D eigenvalue weighted by Crippen LogP contribution is 2.05. The summed E-state index contributed by atoms with van der Waals surface area (Å²) in [5.41, 5.74) is 5.16. The SMILES string of the molecule is CC.NCC(=O)N1CCCC1. The molecule has 0 saturated carbocycles. The number of rotatable bonds is 1. The van der Waals surface area contributed by atoms with Crippen LogP contribution >= 0.6 is 0 Å². The summed E-state index contributed by atoms with van der Waals surface area (Å²) in [5, 5.41) is 0. The van der Waals surface area contributed by atoms with Crippen LogP contribution in [-0.4, -0.2) is 30.4 Å². The number of carbonyl (C=O) groups is 1. The molecule has 0 bridgehead atoms. The molecular weight excluding hydrogens is 140 g/mol. The van der Waals surface area contributed by atoms with Crippen LogP contribution in [0.5, 0.6) is 0 Å². The minimum atomic E-state index is 0.0903. The van der Waals surface area contributed by atoms with Gasteiger partial charge in [-0.05, 0) is 12.8 Å². The van der Waals surface area contributed by atoms with Gasteiger partial charge in [-0.2, -0.15) is 0 Å². The second-order valence-electron chi connectivity index (χ2n) is 2.29. The zero-order valence-corrected chi connectivity index (χ0v) is 7.47. The molecule has 1 fully saturated rings. The van der Waals surface area contributed by atoms with E-state index in [0.717, 1.165) is 25.9 Å². The first-order chi connectivity index (χ1) is 5.34. The van der Waals surface area contributed by atoms with Crippen molar-refractivity contribution in [3.8, 4) is 0 Å². The summed E-state index contributed by atoms with van der Waals surface area (Å²) in [4.78, 5) is 12.6. The first-order valence-electron chi connectivity index (χ1n) is 4.32. The van der Waals surface area contributed by atoms with E-state index in [1.54, 1.807) is 0 Å². The van der Waals surface area contributed by atoms with Crippen LogP contribution in [0.15, 0.2) is 0 Å². The lowest BCUT2D eigenvalue weighted by molar-refractivity contribution is -0.128. The van der Waals surface area contributed by atoms with Gasteiger partial charge in [-0.15, -0.1) is 0 Å². The zero-order chi connectivity index (χ0) is 8.69. The topological polar surface area (TPSA) is 46.3 Å². The van der Waals surface area contributed by atoms with Gasteiger partial charge in [0.1, 0.15) is 0 Å². The van der Waals surface area contributed by atoms with Gasteiger partial charge < -0.3 is 10.6 Å². The Morgan fingerprint density at radius 3 is 2.18 bits per heavy atom. The highest BCUT2D eigenvalue weighted by Gasteiger charge is 2.15. The molecule has 1 saturated heterocycles. The number of hydrogen-bond acceptors (Lipinski definition) is 2. The van der Waals surface area contributed by atoms with Crippen LogP contribution < -0.4 is 5.73 Å². The lowest BCUT2D eigenvalue weighted by atomic mass is 10.4. The summed E-state index contributed by atoms with van der Waals surface area (Å²) in [6, 6.07) is 0. The molecule has 0 aromatic heterocycles. The van der Waals surface area contributed by atoms with Crippen LogP contribution in [0, 0.1) is 0 Å².